The van der Waals surface area contributed by atoms with Crippen LogP contribution in [-0.4, -0.2) is 41.7 Å². The molecule has 1 rings (SSSR count). The van der Waals surface area contributed by atoms with E-state index in [4.69, 9.17) is 21.4 Å². The highest BCUT2D eigenvalue weighted by Gasteiger charge is 2.17. The minimum Gasteiger partial charge on any atom is -0.482 e. The van der Waals surface area contributed by atoms with Crippen molar-refractivity contribution in [1.29, 1.82) is 0 Å². The topological polar surface area (TPSA) is 49.8 Å². The molecule has 1 aromatic carbocycles. The van der Waals surface area contributed by atoms with Crippen molar-refractivity contribution in [3.05, 3.63) is 28.8 Å². The van der Waals surface area contributed by atoms with Crippen LogP contribution in [0.4, 0.5) is 0 Å². The molecule has 0 radical (unpaired) electrons. The summed E-state index contributed by atoms with van der Waals surface area (Å²) in [4.78, 5) is 13.8. The van der Waals surface area contributed by atoms with Crippen molar-refractivity contribution in [2.45, 2.75) is 33.2 Å². The van der Waals surface area contributed by atoms with Gasteiger partial charge in [0.15, 0.2) is 6.61 Å². The Labute approximate surface area is 125 Å². The molecule has 0 fully saturated rings. The Kier molecular flexibility index (Phi) is 6.82. The number of rotatable bonds is 7. The van der Waals surface area contributed by atoms with Gasteiger partial charge in [-0.1, -0.05) is 17.7 Å². The fourth-order valence-electron chi connectivity index (χ4n) is 1.86. The third-order valence-electron chi connectivity index (χ3n) is 2.94. The molecule has 0 saturated carbocycles. The summed E-state index contributed by atoms with van der Waals surface area (Å²) in [6.45, 7) is 6.36. The molecule has 0 heterocycles. The summed E-state index contributed by atoms with van der Waals surface area (Å²) in [6, 6.07) is 5.52. The maximum absolute atomic E-state index is 12.1. The molecule has 1 aromatic rings. The number of hydrogen-bond acceptors (Lipinski definition) is 3. The second kappa shape index (κ2) is 8.12. The summed E-state index contributed by atoms with van der Waals surface area (Å²) in [5.74, 6) is 0.414. The number of hydrogen-bond donors (Lipinski definition) is 1. The second-order valence-corrected chi connectivity index (χ2v) is 5.39. The number of benzene rings is 1. The van der Waals surface area contributed by atoms with Crippen LogP contribution in [0.1, 0.15) is 25.8 Å². The zero-order valence-electron chi connectivity index (χ0n) is 12.2. The lowest BCUT2D eigenvalue weighted by atomic mass is 10.2. The minimum atomic E-state index is -0.106. The summed E-state index contributed by atoms with van der Waals surface area (Å²) in [5, 5.41) is 9.36. The first kappa shape index (κ1) is 16.8. The van der Waals surface area contributed by atoms with Crippen molar-refractivity contribution in [2.75, 3.05) is 19.8 Å². The smallest absolute Gasteiger partial charge is 0.260 e. The Morgan fingerprint density at radius 1 is 1.45 bits per heavy atom. The normalized spacial score (nSPS) is 10.7. The number of aliphatic hydroxyl groups excluding tert-OH is 1. The number of amides is 1. The van der Waals surface area contributed by atoms with Gasteiger partial charge in [-0.15, -0.1) is 0 Å². The van der Waals surface area contributed by atoms with E-state index in [0.717, 1.165) is 5.56 Å². The first-order valence-corrected chi connectivity index (χ1v) is 7.12. The zero-order chi connectivity index (χ0) is 15.1. The molecule has 0 aliphatic heterocycles. The van der Waals surface area contributed by atoms with Crippen LogP contribution in [0.25, 0.3) is 0 Å². The Bertz CT molecular complexity index is 449. The van der Waals surface area contributed by atoms with Gasteiger partial charge in [-0.2, -0.15) is 0 Å². The van der Waals surface area contributed by atoms with Gasteiger partial charge in [0.2, 0.25) is 0 Å². The van der Waals surface area contributed by atoms with Crippen LogP contribution in [0.5, 0.6) is 5.75 Å². The van der Waals surface area contributed by atoms with E-state index in [9.17, 15) is 4.79 Å². The summed E-state index contributed by atoms with van der Waals surface area (Å²) in [7, 11) is 0. The number of aliphatic hydroxyl groups is 1. The fraction of sp³-hybridized carbons (Fsp3) is 0.533. The second-order valence-electron chi connectivity index (χ2n) is 4.98. The SMILES string of the molecule is Cc1ccc(Cl)c(OCC(=O)N(CCCO)C(C)C)c1. The molecule has 1 amide bonds. The Morgan fingerprint density at radius 2 is 2.15 bits per heavy atom. The Balaban J connectivity index is 2.62. The van der Waals surface area contributed by atoms with Gasteiger partial charge in [-0.3, -0.25) is 4.79 Å². The standard InChI is InChI=1S/C15H22ClNO3/c1-11(2)17(7-4-8-18)15(19)10-20-14-9-12(3)5-6-13(14)16/h5-6,9,11,18H,4,7-8,10H2,1-3H3. The van der Waals surface area contributed by atoms with Crippen molar-refractivity contribution in [3.63, 3.8) is 0 Å². The lowest BCUT2D eigenvalue weighted by Crippen LogP contribution is -2.40. The van der Waals surface area contributed by atoms with E-state index in [0.29, 0.717) is 23.7 Å². The molecule has 0 saturated heterocycles. The molecule has 0 atom stereocenters. The molecule has 0 spiro atoms. The number of ether oxygens (including phenoxy) is 1. The average Bonchev–Trinajstić information content (AvgIpc) is 2.40. The van der Waals surface area contributed by atoms with Crippen LogP contribution in [0.15, 0.2) is 18.2 Å². The highest BCUT2D eigenvalue weighted by molar-refractivity contribution is 6.32. The van der Waals surface area contributed by atoms with Crippen molar-refractivity contribution >= 4 is 17.5 Å². The Morgan fingerprint density at radius 3 is 2.75 bits per heavy atom. The lowest BCUT2D eigenvalue weighted by molar-refractivity contribution is -0.135. The fourth-order valence-corrected chi connectivity index (χ4v) is 2.03. The van der Waals surface area contributed by atoms with E-state index in [2.05, 4.69) is 0 Å². The van der Waals surface area contributed by atoms with E-state index in [1.54, 1.807) is 11.0 Å². The summed E-state index contributed by atoms with van der Waals surface area (Å²) in [6.07, 6.45) is 0.565. The lowest BCUT2D eigenvalue weighted by Gasteiger charge is -2.26. The maximum Gasteiger partial charge on any atom is 0.260 e. The van der Waals surface area contributed by atoms with Crippen LogP contribution >= 0.6 is 11.6 Å². The highest BCUT2D eigenvalue weighted by atomic mass is 35.5. The predicted octanol–water partition coefficient (Wildman–Crippen LogP) is 2.65. The first-order chi connectivity index (χ1) is 9.45. The minimum absolute atomic E-state index is 0.0488. The van der Waals surface area contributed by atoms with Gasteiger partial charge in [-0.05, 0) is 44.9 Å². The molecular weight excluding hydrogens is 278 g/mol. The van der Waals surface area contributed by atoms with Crippen LogP contribution < -0.4 is 4.74 Å². The monoisotopic (exact) mass is 299 g/mol. The number of carbonyl (C=O) groups is 1. The molecule has 0 aromatic heterocycles. The van der Waals surface area contributed by atoms with Gasteiger partial charge in [0.05, 0.1) is 5.02 Å². The van der Waals surface area contributed by atoms with Crippen LogP contribution in [0, 0.1) is 6.92 Å². The third kappa shape index (κ3) is 5.02. The zero-order valence-corrected chi connectivity index (χ0v) is 13.0. The average molecular weight is 300 g/mol. The van der Waals surface area contributed by atoms with Gasteiger partial charge >= 0.3 is 0 Å². The molecular formula is C15H22ClNO3. The highest BCUT2D eigenvalue weighted by Crippen LogP contribution is 2.25. The maximum atomic E-state index is 12.1. The van der Waals surface area contributed by atoms with Gasteiger partial charge in [0.1, 0.15) is 5.75 Å². The van der Waals surface area contributed by atoms with E-state index in [1.807, 2.05) is 32.9 Å². The molecule has 112 valence electrons. The van der Waals surface area contributed by atoms with Crippen LogP contribution in [0.3, 0.4) is 0 Å². The van der Waals surface area contributed by atoms with Gasteiger partial charge in [0, 0.05) is 19.2 Å². The molecule has 4 nitrogen and oxygen atoms in total. The van der Waals surface area contributed by atoms with E-state index >= 15 is 0 Å². The molecule has 0 aliphatic rings. The van der Waals surface area contributed by atoms with Gasteiger partial charge < -0.3 is 14.7 Å². The largest absolute Gasteiger partial charge is 0.482 e. The Hall–Kier alpha value is -1.26. The molecule has 20 heavy (non-hydrogen) atoms. The van der Waals surface area contributed by atoms with Crippen molar-refractivity contribution in [1.82, 2.24) is 4.90 Å². The molecule has 0 bridgehead atoms. The predicted molar refractivity (Wildman–Crippen MR) is 80.2 cm³/mol. The van der Waals surface area contributed by atoms with E-state index < -0.39 is 0 Å². The number of halogens is 1. The molecule has 5 heteroatoms. The van der Waals surface area contributed by atoms with E-state index in [1.165, 1.54) is 0 Å². The number of aryl methyl sites for hydroxylation is 1. The molecule has 1 N–H and O–H groups in total. The van der Waals surface area contributed by atoms with Gasteiger partial charge in [0.25, 0.3) is 5.91 Å². The number of carbonyl (C=O) groups excluding carboxylic acids is 1. The summed E-state index contributed by atoms with van der Waals surface area (Å²) >= 11 is 6.02. The van der Waals surface area contributed by atoms with Gasteiger partial charge in [-0.25, -0.2) is 0 Å². The summed E-state index contributed by atoms with van der Waals surface area (Å²) < 4.78 is 5.50. The van der Waals surface area contributed by atoms with Crippen molar-refractivity contribution in [2.24, 2.45) is 0 Å². The first-order valence-electron chi connectivity index (χ1n) is 6.75. The van der Waals surface area contributed by atoms with Crippen molar-refractivity contribution < 1.29 is 14.6 Å². The van der Waals surface area contributed by atoms with Crippen molar-refractivity contribution in [3.8, 4) is 5.75 Å². The van der Waals surface area contributed by atoms with E-state index in [-0.39, 0.29) is 25.2 Å². The molecule has 0 aliphatic carbocycles. The number of nitrogens with zero attached hydrogens (tertiary/aromatic N) is 1. The van der Waals surface area contributed by atoms with Crippen LogP contribution in [0.2, 0.25) is 5.02 Å². The molecule has 0 unspecified atom stereocenters. The quantitative estimate of drug-likeness (QED) is 0.842. The van der Waals surface area contributed by atoms with Crippen LogP contribution in [-0.2, 0) is 4.79 Å². The third-order valence-corrected chi connectivity index (χ3v) is 3.25. The summed E-state index contributed by atoms with van der Waals surface area (Å²) in [5.41, 5.74) is 1.03.